The second-order valence-corrected chi connectivity index (χ2v) is 4.65. The number of aliphatic hydroxyl groups is 1. The number of anilines is 1. The van der Waals surface area contributed by atoms with Gasteiger partial charge in [0.25, 0.3) is 0 Å². The molecule has 88 valence electrons. The summed E-state index contributed by atoms with van der Waals surface area (Å²) in [6, 6.07) is 0. The predicted molar refractivity (Wildman–Crippen MR) is 62.4 cm³/mol. The Labute approximate surface area is 102 Å². The molecule has 1 atom stereocenters. The third-order valence-corrected chi connectivity index (χ3v) is 3.25. The maximum Gasteiger partial charge on any atom is 0.238 e. The van der Waals surface area contributed by atoms with E-state index in [0.29, 0.717) is 10.0 Å². The molecule has 1 aliphatic heterocycles. The van der Waals surface area contributed by atoms with Crippen LogP contribution in [0.15, 0.2) is 6.20 Å². The van der Waals surface area contributed by atoms with Crippen LogP contribution in [0.3, 0.4) is 0 Å². The monoisotopic (exact) mass is 250 g/mol. The Morgan fingerprint density at radius 3 is 3.00 bits per heavy atom. The van der Waals surface area contributed by atoms with Crippen LogP contribution >= 0.6 is 11.3 Å². The molecule has 0 aliphatic carbocycles. The Morgan fingerprint density at radius 2 is 2.41 bits per heavy atom. The van der Waals surface area contributed by atoms with Gasteiger partial charge in [0.1, 0.15) is 6.61 Å². The quantitative estimate of drug-likeness (QED) is 0.578. The van der Waals surface area contributed by atoms with E-state index in [9.17, 15) is 9.59 Å². The molecule has 17 heavy (non-hydrogen) atoms. The van der Waals surface area contributed by atoms with Crippen molar-refractivity contribution in [3.63, 3.8) is 0 Å². The fourth-order valence-corrected chi connectivity index (χ4v) is 2.35. The highest BCUT2D eigenvalue weighted by molar-refractivity contribution is 7.16. The molecule has 5 nitrogen and oxygen atoms in total. The zero-order valence-corrected chi connectivity index (χ0v) is 9.95. The molecule has 0 saturated carbocycles. The normalized spacial score (nSPS) is 19.4. The van der Waals surface area contributed by atoms with Crippen LogP contribution < -0.4 is 4.90 Å². The minimum atomic E-state index is -0.279. The van der Waals surface area contributed by atoms with Gasteiger partial charge in [-0.3, -0.25) is 9.59 Å². The van der Waals surface area contributed by atoms with Gasteiger partial charge in [0.05, 0.1) is 11.1 Å². The van der Waals surface area contributed by atoms with Gasteiger partial charge in [0.15, 0.2) is 5.13 Å². The van der Waals surface area contributed by atoms with Crippen LogP contribution in [-0.2, 0) is 9.59 Å². The van der Waals surface area contributed by atoms with Crippen LogP contribution in [0, 0.1) is 17.8 Å². The lowest BCUT2D eigenvalue weighted by molar-refractivity contribution is -0.122. The van der Waals surface area contributed by atoms with Crippen LogP contribution in [-0.4, -0.2) is 28.5 Å². The Bertz CT molecular complexity index is 526. The van der Waals surface area contributed by atoms with Gasteiger partial charge in [-0.2, -0.15) is 0 Å². The van der Waals surface area contributed by atoms with E-state index in [1.807, 2.05) is 0 Å². The zero-order valence-electron chi connectivity index (χ0n) is 9.14. The van der Waals surface area contributed by atoms with Crippen LogP contribution in [0.2, 0.25) is 0 Å². The molecule has 1 N–H and O–H groups in total. The Kier molecular flexibility index (Phi) is 3.22. The molecule has 2 amide bonds. The van der Waals surface area contributed by atoms with Crippen molar-refractivity contribution in [2.75, 3.05) is 11.5 Å². The van der Waals surface area contributed by atoms with E-state index in [1.54, 1.807) is 6.92 Å². The first-order valence-electron chi connectivity index (χ1n) is 5.06. The van der Waals surface area contributed by atoms with E-state index in [-0.39, 0.29) is 30.8 Å². The van der Waals surface area contributed by atoms with E-state index in [2.05, 4.69) is 16.8 Å². The molecule has 0 spiro atoms. The zero-order chi connectivity index (χ0) is 12.4. The number of rotatable bonds is 1. The van der Waals surface area contributed by atoms with Crippen LogP contribution in [0.4, 0.5) is 5.13 Å². The fourth-order valence-electron chi connectivity index (χ4n) is 1.54. The SMILES string of the molecule is CC1CC(=O)N(c2ncc(C#CCO)s2)C1=O. The third-order valence-electron chi connectivity index (χ3n) is 2.35. The van der Waals surface area contributed by atoms with Gasteiger partial charge in [-0.15, -0.1) is 0 Å². The standard InChI is InChI=1S/C11H10N2O3S/c1-7-5-9(15)13(10(7)16)11-12-6-8(17-11)3-2-4-14/h6-7,14H,4-5H2,1H3. The summed E-state index contributed by atoms with van der Waals surface area (Å²) in [7, 11) is 0. The van der Waals surface area contributed by atoms with Crippen molar-refractivity contribution in [2.45, 2.75) is 13.3 Å². The average molecular weight is 250 g/mol. The number of carbonyl (C=O) groups excluding carboxylic acids is 2. The number of imide groups is 1. The molecule has 1 aromatic heterocycles. The Morgan fingerprint density at radius 1 is 1.65 bits per heavy atom. The van der Waals surface area contributed by atoms with Crippen molar-refractivity contribution < 1.29 is 14.7 Å². The number of aromatic nitrogens is 1. The molecular weight excluding hydrogens is 240 g/mol. The summed E-state index contributed by atoms with van der Waals surface area (Å²) in [5, 5.41) is 8.91. The number of aliphatic hydroxyl groups excluding tert-OH is 1. The Hall–Kier alpha value is -1.71. The summed E-state index contributed by atoms with van der Waals surface area (Å²) in [5.41, 5.74) is 0. The van der Waals surface area contributed by atoms with Gasteiger partial charge in [-0.05, 0) is 0 Å². The summed E-state index contributed by atoms with van der Waals surface area (Å²) in [6.45, 7) is 1.49. The molecule has 0 aromatic carbocycles. The van der Waals surface area contributed by atoms with Gasteiger partial charge in [0.2, 0.25) is 11.8 Å². The van der Waals surface area contributed by atoms with Crippen molar-refractivity contribution >= 4 is 28.3 Å². The van der Waals surface area contributed by atoms with E-state index >= 15 is 0 Å². The number of amides is 2. The number of carbonyl (C=O) groups is 2. The minimum absolute atomic E-state index is 0.217. The van der Waals surface area contributed by atoms with Crippen molar-refractivity contribution in [3.05, 3.63) is 11.1 Å². The van der Waals surface area contributed by atoms with Gasteiger partial charge >= 0.3 is 0 Å². The molecule has 0 radical (unpaired) electrons. The molecule has 1 aromatic rings. The van der Waals surface area contributed by atoms with E-state index in [0.717, 1.165) is 4.90 Å². The van der Waals surface area contributed by atoms with Crippen molar-refractivity contribution in [2.24, 2.45) is 5.92 Å². The molecule has 1 unspecified atom stereocenters. The number of hydrogen-bond acceptors (Lipinski definition) is 5. The fraction of sp³-hybridized carbons (Fsp3) is 0.364. The van der Waals surface area contributed by atoms with E-state index in [4.69, 9.17) is 5.11 Å². The van der Waals surface area contributed by atoms with E-state index < -0.39 is 0 Å². The molecule has 1 fully saturated rings. The molecule has 1 aliphatic rings. The van der Waals surface area contributed by atoms with Gasteiger partial charge in [-0.25, -0.2) is 9.88 Å². The van der Waals surface area contributed by atoms with Crippen molar-refractivity contribution in [1.29, 1.82) is 0 Å². The van der Waals surface area contributed by atoms with Gasteiger partial charge < -0.3 is 5.11 Å². The lowest BCUT2D eigenvalue weighted by atomic mass is 10.1. The topological polar surface area (TPSA) is 70.5 Å². The van der Waals surface area contributed by atoms with Crippen LogP contribution in [0.25, 0.3) is 0 Å². The maximum atomic E-state index is 11.7. The third kappa shape index (κ3) is 2.20. The summed E-state index contributed by atoms with van der Waals surface area (Å²) in [6.07, 6.45) is 1.72. The second kappa shape index (κ2) is 4.65. The molecule has 1 saturated heterocycles. The highest BCUT2D eigenvalue weighted by atomic mass is 32.1. The first-order chi connectivity index (χ1) is 8.13. The number of thiazole rings is 1. The van der Waals surface area contributed by atoms with Crippen LogP contribution in [0.1, 0.15) is 18.2 Å². The summed E-state index contributed by atoms with van der Waals surface area (Å²) < 4.78 is 0. The highest BCUT2D eigenvalue weighted by Crippen LogP contribution is 2.29. The first kappa shape index (κ1) is 11.8. The van der Waals surface area contributed by atoms with Crippen LogP contribution in [0.5, 0.6) is 0 Å². The predicted octanol–water partition coefficient (Wildman–Crippen LogP) is 0.386. The van der Waals surface area contributed by atoms with E-state index in [1.165, 1.54) is 17.5 Å². The summed E-state index contributed by atoms with van der Waals surface area (Å²) >= 11 is 1.17. The lowest BCUT2D eigenvalue weighted by Crippen LogP contribution is -2.29. The maximum absolute atomic E-state index is 11.7. The average Bonchev–Trinajstić information content (AvgIpc) is 2.83. The van der Waals surface area contributed by atoms with Crippen molar-refractivity contribution in [3.8, 4) is 11.8 Å². The number of nitrogens with zero attached hydrogens (tertiary/aromatic N) is 2. The van der Waals surface area contributed by atoms with Crippen molar-refractivity contribution in [1.82, 2.24) is 4.98 Å². The van der Waals surface area contributed by atoms with Gasteiger partial charge in [-0.1, -0.05) is 30.1 Å². The largest absolute Gasteiger partial charge is 0.384 e. The molecule has 6 heteroatoms. The first-order valence-corrected chi connectivity index (χ1v) is 5.87. The summed E-state index contributed by atoms with van der Waals surface area (Å²) in [5.74, 6) is 4.45. The molecule has 2 rings (SSSR count). The summed E-state index contributed by atoms with van der Waals surface area (Å²) in [4.78, 5) is 29.1. The second-order valence-electron chi connectivity index (χ2n) is 3.64. The minimum Gasteiger partial charge on any atom is -0.384 e. The Balaban J connectivity index is 2.26. The molecule has 2 heterocycles. The molecular formula is C11H10N2O3S. The van der Waals surface area contributed by atoms with Gasteiger partial charge in [0, 0.05) is 12.3 Å². The smallest absolute Gasteiger partial charge is 0.238 e. The lowest BCUT2D eigenvalue weighted by Gasteiger charge is -2.08. The molecule has 0 bridgehead atoms. The number of hydrogen-bond donors (Lipinski definition) is 1. The highest BCUT2D eigenvalue weighted by Gasteiger charge is 2.38.